The van der Waals surface area contributed by atoms with E-state index in [0.717, 1.165) is 57.2 Å². The Bertz CT molecular complexity index is 693. The summed E-state index contributed by atoms with van der Waals surface area (Å²) in [4.78, 5) is 11.2. The van der Waals surface area contributed by atoms with Crippen molar-refractivity contribution in [2.24, 2.45) is 10.9 Å². The molecule has 0 amide bonds. The molecule has 1 aliphatic rings. The van der Waals surface area contributed by atoms with Crippen molar-refractivity contribution < 1.29 is 0 Å². The first-order valence-corrected chi connectivity index (χ1v) is 9.99. The Kier molecular flexibility index (Phi) is 10.1. The van der Waals surface area contributed by atoms with Gasteiger partial charge in [0.25, 0.3) is 0 Å². The molecule has 28 heavy (non-hydrogen) atoms. The highest BCUT2D eigenvalue weighted by molar-refractivity contribution is 14.0. The van der Waals surface area contributed by atoms with Gasteiger partial charge in [-0.05, 0) is 49.3 Å². The summed E-state index contributed by atoms with van der Waals surface area (Å²) < 4.78 is 0. The molecule has 0 radical (unpaired) electrons. The van der Waals surface area contributed by atoms with Gasteiger partial charge in [0.15, 0.2) is 5.96 Å². The van der Waals surface area contributed by atoms with E-state index < -0.39 is 0 Å². The van der Waals surface area contributed by atoms with Crippen LogP contribution in [0.1, 0.15) is 24.8 Å². The lowest BCUT2D eigenvalue weighted by Crippen LogP contribution is -2.40. The van der Waals surface area contributed by atoms with E-state index >= 15 is 0 Å². The van der Waals surface area contributed by atoms with Crippen molar-refractivity contribution in [3.05, 3.63) is 60.3 Å². The SMILES string of the molecule is CN=C(NCCCCNc1ccccn1)N1CCC(Cc2ccccc2)C1.I. The first kappa shape index (κ1) is 22.5. The van der Waals surface area contributed by atoms with Crippen molar-refractivity contribution in [2.75, 3.05) is 38.5 Å². The van der Waals surface area contributed by atoms with Crippen LogP contribution in [0.25, 0.3) is 0 Å². The molecular weight excluding hydrogens is 461 g/mol. The maximum atomic E-state index is 4.48. The number of guanidine groups is 1. The highest BCUT2D eigenvalue weighted by Gasteiger charge is 2.24. The number of aliphatic imine (C=N–C) groups is 1. The van der Waals surface area contributed by atoms with Gasteiger partial charge in [-0.25, -0.2) is 4.98 Å². The van der Waals surface area contributed by atoms with E-state index in [4.69, 9.17) is 0 Å². The summed E-state index contributed by atoms with van der Waals surface area (Å²) >= 11 is 0. The van der Waals surface area contributed by atoms with E-state index in [1.54, 1.807) is 0 Å². The van der Waals surface area contributed by atoms with Gasteiger partial charge in [0.05, 0.1) is 0 Å². The minimum Gasteiger partial charge on any atom is -0.370 e. The number of likely N-dealkylation sites (tertiary alicyclic amines) is 1. The number of nitrogens with zero attached hydrogens (tertiary/aromatic N) is 3. The van der Waals surface area contributed by atoms with Gasteiger partial charge >= 0.3 is 0 Å². The number of halogens is 1. The Morgan fingerprint density at radius 2 is 1.89 bits per heavy atom. The van der Waals surface area contributed by atoms with Gasteiger partial charge in [-0.2, -0.15) is 0 Å². The normalized spacial score (nSPS) is 16.5. The molecular formula is C22H32IN5. The zero-order chi connectivity index (χ0) is 18.7. The first-order chi connectivity index (χ1) is 13.3. The highest BCUT2D eigenvalue weighted by atomic mass is 127. The van der Waals surface area contributed by atoms with Crippen molar-refractivity contribution in [1.29, 1.82) is 0 Å². The number of rotatable bonds is 8. The van der Waals surface area contributed by atoms with Gasteiger partial charge in [0.2, 0.25) is 0 Å². The summed E-state index contributed by atoms with van der Waals surface area (Å²) in [5, 5.41) is 6.88. The standard InChI is InChI=1S/C22H31N5.HI/c1-23-22(26-15-8-7-14-25-21-11-5-6-13-24-21)27-16-12-20(18-27)17-19-9-3-2-4-10-19;/h2-6,9-11,13,20H,7-8,12,14-18H2,1H3,(H,23,26)(H,24,25);1H. The van der Waals surface area contributed by atoms with Crippen LogP contribution < -0.4 is 10.6 Å². The summed E-state index contributed by atoms with van der Waals surface area (Å²) in [6.07, 6.45) is 6.43. The summed E-state index contributed by atoms with van der Waals surface area (Å²) in [5.74, 6) is 2.71. The minimum atomic E-state index is 0. The second-order valence-electron chi connectivity index (χ2n) is 7.11. The number of hydrogen-bond donors (Lipinski definition) is 2. The fourth-order valence-electron chi connectivity index (χ4n) is 3.61. The second-order valence-corrected chi connectivity index (χ2v) is 7.11. The minimum absolute atomic E-state index is 0. The van der Waals surface area contributed by atoms with E-state index in [1.807, 2.05) is 31.4 Å². The quantitative estimate of drug-likeness (QED) is 0.252. The third kappa shape index (κ3) is 7.30. The van der Waals surface area contributed by atoms with Crippen LogP contribution in [0.3, 0.4) is 0 Å². The van der Waals surface area contributed by atoms with Crippen molar-refractivity contribution in [3.8, 4) is 0 Å². The molecule has 1 aromatic heterocycles. The molecule has 0 spiro atoms. The smallest absolute Gasteiger partial charge is 0.193 e. The second kappa shape index (κ2) is 12.6. The molecule has 0 bridgehead atoms. The molecule has 6 heteroatoms. The average molecular weight is 493 g/mol. The number of hydrogen-bond acceptors (Lipinski definition) is 3. The number of aromatic nitrogens is 1. The summed E-state index contributed by atoms with van der Waals surface area (Å²) in [5.41, 5.74) is 1.44. The highest BCUT2D eigenvalue weighted by Crippen LogP contribution is 2.20. The van der Waals surface area contributed by atoms with Crippen LogP contribution in [-0.2, 0) is 6.42 Å². The van der Waals surface area contributed by atoms with Crippen LogP contribution in [0.5, 0.6) is 0 Å². The predicted octanol–water partition coefficient (Wildman–Crippen LogP) is 4.03. The largest absolute Gasteiger partial charge is 0.370 e. The van der Waals surface area contributed by atoms with Gasteiger partial charge in [-0.15, -0.1) is 24.0 Å². The molecule has 1 saturated heterocycles. The maximum absolute atomic E-state index is 4.48. The Morgan fingerprint density at radius 1 is 1.11 bits per heavy atom. The van der Waals surface area contributed by atoms with Crippen LogP contribution >= 0.6 is 24.0 Å². The van der Waals surface area contributed by atoms with Gasteiger partial charge in [-0.1, -0.05) is 36.4 Å². The lowest BCUT2D eigenvalue weighted by molar-refractivity contribution is 0.459. The van der Waals surface area contributed by atoms with E-state index in [0.29, 0.717) is 5.92 Å². The van der Waals surface area contributed by atoms with E-state index in [9.17, 15) is 0 Å². The van der Waals surface area contributed by atoms with Gasteiger partial charge in [0, 0.05) is 39.4 Å². The molecule has 0 aliphatic carbocycles. The molecule has 2 heterocycles. The van der Waals surface area contributed by atoms with Crippen LogP contribution in [-0.4, -0.2) is 49.1 Å². The zero-order valence-corrected chi connectivity index (χ0v) is 19.0. The molecule has 0 saturated carbocycles. The molecule has 3 rings (SSSR count). The number of unbranched alkanes of at least 4 members (excludes halogenated alkanes) is 1. The summed E-state index contributed by atoms with van der Waals surface area (Å²) in [6, 6.07) is 16.7. The number of anilines is 1. The Labute approximate surface area is 186 Å². The fraction of sp³-hybridized carbons (Fsp3) is 0.455. The number of nitrogens with one attached hydrogen (secondary N) is 2. The van der Waals surface area contributed by atoms with Crippen LogP contribution in [0, 0.1) is 5.92 Å². The molecule has 1 aliphatic heterocycles. The van der Waals surface area contributed by atoms with Crippen LogP contribution in [0.2, 0.25) is 0 Å². The summed E-state index contributed by atoms with van der Waals surface area (Å²) in [6.45, 7) is 4.09. The molecule has 1 atom stereocenters. The number of benzene rings is 1. The van der Waals surface area contributed by atoms with Crippen molar-refractivity contribution in [2.45, 2.75) is 25.7 Å². The lowest BCUT2D eigenvalue weighted by Gasteiger charge is -2.21. The van der Waals surface area contributed by atoms with E-state index in [-0.39, 0.29) is 24.0 Å². The molecule has 1 fully saturated rings. The van der Waals surface area contributed by atoms with E-state index in [2.05, 4.69) is 55.8 Å². The van der Waals surface area contributed by atoms with Crippen molar-refractivity contribution in [1.82, 2.24) is 15.2 Å². The molecule has 1 unspecified atom stereocenters. The van der Waals surface area contributed by atoms with Crippen LogP contribution in [0.15, 0.2) is 59.7 Å². The predicted molar refractivity (Wildman–Crippen MR) is 129 cm³/mol. The third-order valence-corrected chi connectivity index (χ3v) is 5.02. The molecule has 5 nitrogen and oxygen atoms in total. The van der Waals surface area contributed by atoms with Crippen LogP contribution in [0.4, 0.5) is 5.82 Å². The van der Waals surface area contributed by atoms with Crippen molar-refractivity contribution in [3.63, 3.8) is 0 Å². The average Bonchev–Trinajstić information content (AvgIpc) is 3.17. The van der Waals surface area contributed by atoms with E-state index in [1.165, 1.54) is 12.0 Å². The third-order valence-electron chi connectivity index (χ3n) is 5.02. The maximum Gasteiger partial charge on any atom is 0.193 e. The Balaban J connectivity index is 0.00000280. The molecule has 1 aromatic carbocycles. The zero-order valence-electron chi connectivity index (χ0n) is 16.7. The topological polar surface area (TPSA) is 52.6 Å². The molecule has 2 aromatic rings. The Hall–Kier alpha value is -1.83. The van der Waals surface area contributed by atoms with Gasteiger partial charge in [-0.3, -0.25) is 4.99 Å². The fourth-order valence-corrected chi connectivity index (χ4v) is 3.61. The number of pyridine rings is 1. The van der Waals surface area contributed by atoms with Gasteiger partial charge in [0.1, 0.15) is 5.82 Å². The monoisotopic (exact) mass is 493 g/mol. The first-order valence-electron chi connectivity index (χ1n) is 9.99. The summed E-state index contributed by atoms with van der Waals surface area (Å²) in [7, 11) is 1.88. The lowest BCUT2D eigenvalue weighted by atomic mass is 9.99. The molecule has 152 valence electrons. The van der Waals surface area contributed by atoms with Crippen molar-refractivity contribution >= 4 is 35.8 Å². The Morgan fingerprint density at radius 3 is 2.64 bits per heavy atom. The molecule has 2 N–H and O–H groups in total. The van der Waals surface area contributed by atoms with Gasteiger partial charge < -0.3 is 15.5 Å².